The Balaban J connectivity index is 3.89. The summed E-state index contributed by atoms with van der Waals surface area (Å²) in [5, 5.41) is 43.1. The van der Waals surface area contributed by atoms with Gasteiger partial charge in [0.2, 0.25) is 5.91 Å². The third-order valence-corrected chi connectivity index (χ3v) is 7.56. The molecule has 4 atom stereocenters. The van der Waals surface area contributed by atoms with Crippen molar-refractivity contribution in [3.63, 3.8) is 0 Å². The lowest BCUT2D eigenvalue weighted by Crippen LogP contribution is -2.53. The second-order valence-electron chi connectivity index (χ2n) is 11.5. The van der Waals surface area contributed by atoms with Crippen molar-refractivity contribution in [3.8, 4) is 0 Å². The SMILES string of the molecule is CC/C=C/CC/C=C/CCCC(O)C(O)C(CO)NC(=O)C(O)CCCCCCCC/C=C\CCCCCCCC. The summed E-state index contributed by atoms with van der Waals surface area (Å²) in [7, 11) is 0. The van der Waals surface area contributed by atoms with E-state index in [1.807, 2.05) is 0 Å². The van der Waals surface area contributed by atoms with Crippen LogP contribution in [0.3, 0.4) is 0 Å². The van der Waals surface area contributed by atoms with Crippen LogP contribution in [0.4, 0.5) is 0 Å². The van der Waals surface area contributed by atoms with Gasteiger partial charge in [-0.2, -0.15) is 0 Å². The minimum Gasteiger partial charge on any atom is -0.394 e. The van der Waals surface area contributed by atoms with Crippen LogP contribution in [0.25, 0.3) is 0 Å². The number of carbonyl (C=O) groups is 1. The van der Waals surface area contributed by atoms with Crippen LogP contribution in [-0.4, -0.2) is 57.3 Å². The van der Waals surface area contributed by atoms with E-state index in [0.717, 1.165) is 57.8 Å². The summed E-state index contributed by atoms with van der Waals surface area (Å²) >= 11 is 0. The molecule has 0 rings (SSSR count). The second kappa shape index (κ2) is 30.0. The number of nitrogens with one attached hydrogen (secondary N) is 1. The predicted molar refractivity (Wildman–Crippen MR) is 173 cm³/mol. The molecule has 0 radical (unpaired) electrons. The van der Waals surface area contributed by atoms with E-state index >= 15 is 0 Å². The smallest absolute Gasteiger partial charge is 0.249 e. The first kappa shape index (κ1) is 39.5. The molecule has 6 heteroatoms. The van der Waals surface area contributed by atoms with Gasteiger partial charge in [-0.05, 0) is 70.6 Å². The molecule has 41 heavy (non-hydrogen) atoms. The number of hydrogen-bond acceptors (Lipinski definition) is 5. The normalized spacial score (nSPS) is 15.2. The minimum absolute atomic E-state index is 0.352. The topological polar surface area (TPSA) is 110 Å². The van der Waals surface area contributed by atoms with Gasteiger partial charge in [0.05, 0.1) is 18.8 Å². The van der Waals surface area contributed by atoms with Gasteiger partial charge in [0.15, 0.2) is 0 Å². The highest BCUT2D eigenvalue weighted by Gasteiger charge is 2.28. The summed E-state index contributed by atoms with van der Waals surface area (Å²) in [5.74, 6) is -0.608. The van der Waals surface area contributed by atoms with Gasteiger partial charge in [-0.1, -0.05) is 115 Å². The van der Waals surface area contributed by atoms with E-state index in [9.17, 15) is 25.2 Å². The fourth-order valence-corrected chi connectivity index (χ4v) is 4.83. The Bertz CT molecular complexity index is 663. The van der Waals surface area contributed by atoms with Crippen molar-refractivity contribution in [2.45, 2.75) is 173 Å². The van der Waals surface area contributed by atoms with Gasteiger partial charge in [-0.25, -0.2) is 0 Å². The lowest BCUT2D eigenvalue weighted by Gasteiger charge is -2.27. The average molecular weight is 580 g/mol. The van der Waals surface area contributed by atoms with Crippen molar-refractivity contribution in [3.05, 3.63) is 36.5 Å². The van der Waals surface area contributed by atoms with Crippen molar-refractivity contribution >= 4 is 5.91 Å². The summed E-state index contributed by atoms with van der Waals surface area (Å²) < 4.78 is 0. The van der Waals surface area contributed by atoms with Gasteiger partial charge in [0, 0.05) is 0 Å². The maximum Gasteiger partial charge on any atom is 0.249 e. The largest absolute Gasteiger partial charge is 0.394 e. The number of carbonyl (C=O) groups excluding carboxylic acids is 1. The fourth-order valence-electron chi connectivity index (χ4n) is 4.83. The van der Waals surface area contributed by atoms with Gasteiger partial charge < -0.3 is 25.7 Å². The molecule has 6 nitrogen and oxygen atoms in total. The first-order valence-corrected chi connectivity index (χ1v) is 16.9. The Labute approximate surface area is 252 Å². The lowest BCUT2D eigenvalue weighted by molar-refractivity contribution is -0.132. The number of hydrogen-bond donors (Lipinski definition) is 5. The molecule has 0 saturated carbocycles. The summed E-state index contributed by atoms with van der Waals surface area (Å²) in [6.45, 7) is 3.86. The van der Waals surface area contributed by atoms with E-state index < -0.39 is 36.9 Å². The van der Waals surface area contributed by atoms with Crippen LogP contribution in [-0.2, 0) is 4.79 Å². The first-order valence-electron chi connectivity index (χ1n) is 16.9. The van der Waals surface area contributed by atoms with Crippen molar-refractivity contribution in [1.82, 2.24) is 5.32 Å². The molecule has 4 unspecified atom stereocenters. The monoisotopic (exact) mass is 579 g/mol. The number of aliphatic hydroxyl groups is 4. The van der Waals surface area contributed by atoms with Crippen molar-refractivity contribution in [2.24, 2.45) is 0 Å². The predicted octanol–water partition coefficient (Wildman–Crippen LogP) is 7.45. The Morgan fingerprint density at radius 2 is 1.10 bits per heavy atom. The molecule has 5 N–H and O–H groups in total. The summed E-state index contributed by atoms with van der Waals surface area (Å²) in [6, 6.07) is -1.01. The zero-order valence-corrected chi connectivity index (χ0v) is 26.5. The van der Waals surface area contributed by atoms with Crippen LogP contribution in [0.5, 0.6) is 0 Å². The Morgan fingerprint density at radius 3 is 1.66 bits per heavy atom. The number of aliphatic hydroxyl groups excluding tert-OH is 4. The number of unbranched alkanes of at least 4 members (excludes halogenated alkanes) is 14. The van der Waals surface area contributed by atoms with Crippen LogP contribution in [0.15, 0.2) is 36.5 Å². The lowest BCUT2D eigenvalue weighted by atomic mass is 10.00. The third kappa shape index (κ3) is 24.8. The highest BCUT2D eigenvalue weighted by Crippen LogP contribution is 2.13. The van der Waals surface area contributed by atoms with Crippen LogP contribution in [0.2, 0.25) is 0 Å². The van der Waals surface area contributed by atoms with E-state index in [1.54, 1.807) is 0 Å². The number of rotatable bonds is 29. The molecule has 0 bridgehead atoms. The van der Waals surface area contributed by atoms with E-state index in [1.165, 1.54) is 57.8 Å². The second-order valence-corrected chi connectivity index (χ2v) is 11.5. The minimum atomic E-state index is -1.29. The fraction of sp³-hybridized carbons (Fsp3) is 0.800. The molecular weight excluding hydrogens is 514 g/mol. The van der Waals surface area contributed by atoms with Gasteiger partial charge in [-0.3, -0.25) is 4.79 Å². The van der Waals surface area contributed by atoms with E-state index in [0.29, 0.717) is 19.3 Å². The molecule has 0 aromatic heterocycles. The standard InChI is InChI=1S/C35H65NO5/c1-3-5-7-9-11-13-14-15-16-17-18-19-21-23-25-27-29-33(39)35(41)36-31(30-37)34(40)32(38)28-26-24-22-20-12-10-8-6-4-2/h6,8,15-16,20,22,31-34,37-40H,3-5,7,9-14,17-19,21,23-30H2,1-2H3,(H,36,41)/b8-6+,16-15-,22-20+. The van der Waals surface area contributed by atoms with Crippen LogP contribution in [0.1, 0.15) is 149 Å². The number of amides is 1. The molecule has 0 aliphatic heterocycles. The molecule has 1 amide bonds. The molecule has 0 aromatic rings. The maximum atomic E-state index is 12.4. The molecule has 0 aliphatic rings. The Morgan fingerprint density at radius 1 is 0.610 bits per heavy atom. The molecule has 0 saturated heterocycles. The van der Waals surface area contributed by atoms with Gasteiger partial charge in [-0.15, -0.1) is 0 Å². The molecule has 0 aromatic carbocycles. The first-order chi connectivity index (χ1) is 20.0. The zero-order valence-electron chi connectivity index (χ0n) is 26.5. The Hall–Kier alpha value is -1.47. The highest BCUT2D eigenvalue weighted by molar-refractivity contribution is 5.80. The van der Waals surface area contributed by atoms with E-state index in [2.05, 4.69) is 55.6 Å². The summed E-state index contributed by atoms with van der Waals surface area (Å²) in [5.41, 5.74) is 0. The summed E-state index contributed by atoms with van der Waals surface area (Å²) in [4.78, 5) is 12.4. The van der Waals surface area contributed by atoms with Crippen molar-refractivity contribution < 1.29 is 25.2 Å². The molecule has 0 heterocycles. The van der Waals surface area contributed by atoms with Gasteiger partial charge >= 0.3 is 0 Å². The molecule has 0 spiro atoms. The highest BCUT2D eigenvalue weighted by atomic mass is 16.3. The zero-order chi connectivity index (χ0) is 30.4. The van der Waals surface area contributed by atoms with E-state index in [-0.39, 0.29) is 0 Å². The number of allylic oxidation sites excluding steroid dienone is 6. The van der Waals surface area contributed by atoms with Crippen LogP contribution < -0.4 is 5.32 Å². The van der Waals surface area contributed by atoms with Gasteiger partial charge in [0.25, 0.3) is 0 Å². The maximum absolute atomic E-state index is 12.4. The molecule has 240 valence electrons. The quantitative estimate of drug-likeness (QED) is 0.0467. The Kier molecular flexibility index (Phi) is 28.9. The molecule has 0 fully saturated rings. The summed E-state index contributed by atoms with van der Waals surface area (Å²) in [6.07, 6.45) is 31.8. The van der Waals surface area contributed by atoms with Gasteiger partial charge in [0.1, 0.15) is 12.2 Å². The van der Waals surface area contributed by atoms with Crippen molar-refractivity contribution in [2.75, 3.05) is 6.61 Å². The average Bonchev–Trinajstić information content (AvgIpc) is 2.98. The molecular formula is C35H65NO5. The van der Waals surface area contributed by atoms with E-state index in [4.69, 9.17) is 0 Å². The van der Waals surface area contributed by atoms with Crippen molar-refractivity contribution in [1.29, 1.82) is 0 Å². The van der Waals surface area contributed by atoms with Crippen LogP contribution in [0, 0.1) is 0 Å². The third-order valence-electron chi connectivity index (χ3n) is 7.56. The van der Waals surface area contributed by atoms with Crippen LogP contribution >= 0.6 is 0 Å². The molecule has 0 aliphatic carbocycles.